The standard InChI is InChI=1S/C14H13F3N4O2/c15-14(16,17)9-4-1-3-8(7-9)13(5-2-6-13)19-11(22)10-18-12(23)21-20-10/h1,3-4,7H,2,5-6H2,(H,19,22)(H2,18,20,21,23). The van der Waals surface area contributed by atoms with Crippen LogP contribution in [0, 0.1) is 0 Å². The first-order valence-electron chi connectivity index (χ1n) is 6.95. The van der Waals surface area contributed by atoms with E-state index in [1.54, 1.807) is 6.07 Å². The molecule has 6 nitrogen and oxygen atoms in total. The van der Waals surface area contributed by atoms with Crippen LogP contribution in [0.15, 0.2) is 29.1 Å². The molecule has 0 atom stereocenters. The molecule has 0 unspecified atom stereocenters. The number of hydrogen-bond acceptors (Lipinski definition) is 3. The minimum atomic E-state index is -4.45. The molecular formula is C14H13F3N4O2. The second-order valence-electron chi connectivity index (χ2n) is 5.49. The van der Waals surface area contributed by atoms with Gasteiger partial charge in [-0.25, -0.2) is 9.89 Å². The predicted octanol–water partition coefficient (Wildman–Crippen LogP) is 1.93. The molecule has 3 N–H and O–H groups in total. The van der Waals surface area contributed by atoms with Gasteiger partial charge in [0.05, 0.1) is 11.1 Å². The van der Waals surface area contributed by atoms with Gasteiger partial charge in [0.2, 0.25) is 5.82 Å². The van der Waals surface area contributed by atoms with Crippen LogP contribution in [0.4, 0.5) is 13.2 Å². The minimum Gasteiger partial charge on any atom is -0.340 e. The number of carbonyl (C=O) groups excluding carboxylic acids is 1. The summed E-state index contributed by atoms with van der Waals surface area (Å²) in [4.78, 5) is 25.3. The molecule has 3 rings (SSSR count). The lowest BCUT2D eigenvalue weighted by Gasteiger charge is -2.43. The first-order chi connectivity index (χ1) is 10.8. The lowest BCUT2D eigenvalue weighted by Crippen LogP contribution is -2.51. The highest BCUT2D eigenvalue weighted by atomic mass is 19.4. The fourth-order valence-corrected chi connectivity index (χ4v) is 2.66. The van der Waals surface area contributed by atoms with Crippen LogP contribution in [0.3, 0.4) is 0 Å². The Bertz CT molecular complexity index is 790. The SMILES string of the molecule is O=C(NC1(c2cccc(C(F)(F)F)c2)CCC1)c1n[nH]c(=O)[nH]1. The summed E-state index contributed by atoms with van der Waals surface area (Å²) in [6.07, 6.45) is -2.62. The molecule has 1 aromatic carbocycles. The number of nitrogens with zero attached hydrogens (tertiary/aromatic N) is 1. The Hall–Kier alpha value is -2.58. The molecule has 0 bridgehead atoms. The molecule has 1 heterocycles. The normalized spacial score (nSPS) is 16.7. The Morgan fingerprint density at radius 3 is 2.57 bits per heavy atom. The van der Waals surface area contributed by atoms with E-state index in [-0.39, 0.29) is 5.82 Å². The average molecular weight is 326 g/mol. The van der Waals surface area contributed by atoms with Gasteiger partial charge in [0.15, 0.2) is 0 Å². The monoisotopic (exact) mass is 326 g/mol. The van der Waals surface area contributed by atoms with Crippen LogP contribution in [0.1, 0.15) is 41.0 Å². The van der Waals surface area contributed by atoms with Crippen molar-refractivity contribution >= 4 is 5.91 Å². The maximum Gasteiger partial charge on any atom is 0.416 e. The number of H-pyrrole nitrogens is 2. The zero-order valence-electron chi connectivity index (χ0n) is 11.8. The summed E-state index contributed by atoms with van der Waals surface area (Å²) in [5.41, 5.74) is -1.86. The van der Waals surface area contributed by atoms with Gasteiger partial charge >= 0.3 is 11.9 Å². The number of benzene rings is 1. The summed E-state index contributed by atoms with van der Waals surface area (Å²) in [5.74, 6) is -0.839. The molecule has 1 fully saturated rings. The molecule has 0 saturated heterocycles. The molecule has 0 radical (unpaired) electrons. The number of hydrogen-bond donors (Lipinski definition) is 3. The number of halogens is 3. The van der Waals surface area contributed by atoms with Crippen molar-refractivity contribution in [2.45, 2.75) is 31.0 Å². The fraction of sp³-hybridized carbons (Fsp3) is 0.357. The number of alkyl halides is 3. The highest BCUT2D eigenvalue weighted by Crippen LogP contribution is 2.43. The first kappa shape index (κ1) is 15.3. The van der Waals surface area contributed by atoms with Crippen molar-refractivity contribution in [1.82, 2.24) is 20.5 Å². The maximum atomic E-state index is 12.9. The van der Waals surface area contributed by atoms with Crippen molar-refractivity contribution < 1.29 is 18.0 Å². The highest BCUT2D eigenvalue weighted by molar-refractivity contribution is 5.91. The van der Waals surface area contributed by atoms with E-state index in [9.17, 15) is 22.8 Å². The topological polar surface area (TPSA) is 90.6 Å². The maximum absolute atomic E-state index is 12.9. The third-order valence-corrected chi connectivity index (χ3v) is 4.02. The Morgan fingerprint density at radius 2 is 2.04 bits per heavy atom. The molecule has 2 aromatic rings. The summed E-state index contributed by atoms with van der Waals surface area (Å²) in [6.45, 7) is 0. The van der Waals surface area contributed by atoms with Gasteiger partial charge in [0.25, 0.3) is 5.91 Å². The van der Waals surface area contributed by atoms with Crippen LogP contribution in [0.25, 0.3) is 0 Å². The van der Waals surface area contributed by atoms with Crippen LogP contribution in [0.2, 0.25) is 0 Å². The second-order valence-corrected chi connectivity index (χ2v) is 5.49. The van der Waals surface area contributed by atoms with E-state index in [1.165, 1.54) is 6.07 Å². The van der Waals surface area contributed by atoms with Gasteiger partial charge in [0.1, 0.15) is 0 Å². The lowest BCUT2D eigenvalue weighted by atomic mass is 9.71. The average Bonchev–Trinajstić information content (AvgIpc) is 2.88. The van der Waals surface area contributed by atoms with Gasteiger partial charge in [-0.3, -0.25) is 9.78 Å². The largest absolute Gasteiger partial charge is 0.416 e. The van der Waals surface area contributed by atoms with Crippen LogP contribution in [0.5, 0.6) is 0 Å². The third-order valence-electron chi connectivity index (χ3n) is 4.02. The lowest BCUT2D eigenvalue weighted by molar-refractivity contribution is -0.137. The molecule has 1 amide bonds. The summed E-state index contributed by atoms with van der Waals surface area (Å²) >= 11 is 0. The van der Waals surface area contributed by atoms with E-state index in [2.05, 4.69) is 20.5 Å². The van der Waals surface area contributed by atoms with E-state index in [1.807, 2.05) is 0 Å². The number of aromatic nitrogens is 3. The number of aromatic amines is 2. The third kappa shape index (κ3) is 2.86. The van der Waals surface area contributed by atoms with E-state index in [0.29, 0.717) is 18.4 Å². The molecule has 122 valence electrons. The van der Waals surface area contributed by atoms with Gasteiger partial charge in [-0.15, -0.1) is 5.10 Å². The molecule has 0 spiro atoms. The van der Waals surface area contributed by atoms with Crippen molar-refractivity contribution in [3.05, 3.63) is 51.7 Å². The predicted molar refractivity (Wildman–Crippen MR) is 73.6 cm³/mol. The Morgan fingerprint density at radius 1 is 1.30 bits per heavy atom. The van der Waals surface area contributed by atoms with E-state index in [0.717, 1.165) is 18.6 Å². The first-order valence-corrected chi connectivity index (χ1v) is 6.95. The van der Waals surface area contributed by atoms with Gasteiger partial charge < -0.3 is 5.32 Å². The van der Waals surface area contributed by atoms with Crippen molar-refractivity contribution in [3.63, 3.8) is 0 Å². The van der Waals surface area contributed by atoms with E-state index in [4.69, 9.17) is 0 Å². The molecular weight excluding hydrogens is 313 g/mol. The molecule has 9 heteroatoms. The summed E-state index contributed by atoms with van der Waals surface area (Å²) in [5, 5.41) is 8.29. The number of amides is 1. The molecule has 1 aliphatic rings. The zero-order chi connectivity index (χ0) is 16.7. The number of carbonyl (C=O) groups is 1. The van der Waals surface area contributed by atoms with E-state index >= 15 is 0 Å². The highest BCUT2D eigenvalue weighted by Gasteiger charge is 2.42. The summed E-state index contributed by atoms with van der Waals surface area (Å²) in [7, 11) is 0. The van der Waals surface area contributed by atoms with Crippen molar-refractivity contribution in [3.8, 4) is 0 Å². The molecule has 23 heavy (non-hydrogen) atoms. The van der Waals surface area contributed by atoms with Gasteiger partial charge in [0, 0.05) is 0 Å². The Labute approximate surface area is 128 Å². The Kier molecular flexibility index (Phi) is 3.50. The quantitative estimate of drug-likeness (QED) is 0.805. The molecule has 1 saturated carbocycles. The fourth-order valence-electron chi connectivity index (χ4n) is 2.66. The molecule has 1 aromatic heterocycles. The smallest absolute Gasteiger partial charge is 0.340 e. The van der Waals surface area contributed by atoms with Crippen molar-refractivity contribution in [2.75, 3.05) is 0 Å². The number of nitrogens with one attached hydrogen (secondary N) is 3. The number of rotatable bonds is 3. The zero-order valence-corrected chi connectivity index (χ0v) is 11.8. The van der Waals surface area contributed by atoms with Gasteiger partial charge in [-0.05, 0) is 37.0 Å². The van der Waals surface area contributed by atoms with Gasteiger partial charge in [-0.2, -0.15) is 13.2 Å². The van der Waals surface area contributed by atoms with Crippen molar-refractivity contribution in [2.24, 2.45) is 0 Å². The summed E-state index contributed by atoms with van der Waals surface area (Å²) in [6, 6.07) is 4.92. The van der Waals surface area contributed by atoms with Crippen LogP contribution in [-0.2, 0) is 11.7 Å². The van der Waals surface area contributed by atoms with E-state index < -0.39 is 28.9 Å². The second kappa shape index (κ2) is 5.25. The van der Waals surface area contributed by atoms with Crippen LogP contribution >= 0.6 is 0 Å². The van der Waals surface area contributed by atoms with Gasteiger partial charge in [-0.1, -0.05) is 12.1 Å². The van der Waals surface area contributed by atoms with Crippen LogP contribution < -0.4 is 11.0 Å². The minimum absolute atomic E-state index is 0.201. The van der Waals surface area contributed by atoms with Crippen LogP contribution in [-0.4, -0.2) is 21.1 Å². The van der Waals surface area contributed by atoms with Crippen molar-refractivity contribution in [1.29, 1.82) is 0 Å². The Balaban J connectivity index is 1.89. The molecule has 1 aliphatic carbocycles. The summed E-state index contributed by atoms with van der Waals surface area (Å²) < 4.78 is 38.6. The molecule has 0 aliphatic heterocycles.